The van der Waals surface area contributed by atoms with Gasteiger partial charge in [-0.05, 0) is 30.7 Å². The number of nitrogens with zero attached hydrogens (tertiary/aromatic N) is 3. The molecule has 30 heavy (non-hydrogen) atoms. The molecule has 1 fully saturated rings. The third-order valence-corrected chi connectivity index (χ3v) is 5.27. The number of hydrogen-bond acceptors (Lipinski definition) is 6. The van der Waals surface area contributed by atoms with E-state index in [9.17, 15) is 0 Å². The van der Waals surface area contributed by atoms with Crippen LogP contribution in [0.5, 0.6) is 0 Å². The first-order chi connectivity index (χ1) is 14.4. The maximum atomic E-state index is 5.48. The average molecular weight is 407 g/mol. The largest absolute Gasteiger partial charge is 0.381 e. The van der Waals surface area contributed by atoms with Crippen LogP contribution in [0.1, 0.15) is 44.9 Å². The van der Waals surface area contributed by atoms with E-state index in [1.54, 1.807) is 0 Å². The lowest BCUT2D eigenvalue weighted by Crippen LogP contribution is -2.28. The van der Waals surface area contributed by atoms with Gasteiger partial charge >= 0.3 is 0 Å². The Kier molecular flexibility index (Phi) is 5.72. The van der Waals surface area contributed by atoms with Crippen molar-refractivity contribution in [3.63, 3.8) is 0 Å². The van der Waals surface area contributed by atoms with Crippen molar-refractivity contribution in [3.8, 4) is 11.4 Å². The summed E-state index contributed by atoms with van der Waals surface area (Å²) < 4.78 is 5.48. The highest BCUT2D eigenvalue weighted by molar-refractivity contribution is 5.64. The number of rotatable bonds is 5. The fourth-order valence-corrected chi connectivity index (χ4v) is 3.50. The number of benzene rings is 1. The van der Waals surface area contributed by atoms with Crippen LogP contribution >= 0.6 is 0 Å². The number of nitrogens with one attached hydrogen (secondary N) is 3. The molecule has 0 spiro atoms. The molecule has 1 aliphatic rings. The van der Waals surface area contributed by atoms with E-state index in [0.717, 1.165) is 48.9 Å². The van der Waals surface area contributed by atoms with Gasteiger partial charge in [-0.2, -0.15) is 5.10 Å². The molecule has 4 rings (SSSR count). The zero-order valence-electron chi connectivity index (χ0n) is 18.1. The molecule has 3 aromatic rings. The third-order valence-electron chi connectivity index (χ3n) is 5.27. The maximum Gasteiger partial charge on any atom is 0.163 e. The molecule has 3 N–H and O–H groups in total. The minimum atomic E-state index is 0.108. The lowest BCUT2D eigenvalue weighted by Gasteiger charge is -2.24. The SMILES string of the molecule is Cc1cc(Nc2cc(NC3CCOCC3)nc(-c3ccc(C(C)(C)C)cc3)n2)n[nH]1. The van der Waals surface area contributed by atoms with Crippen LogP contribution in [-0.2, 0) is 10.2 Å². The highest BCUT2D eigenvalue weighted by Crippen LogP contribution is 2.27. The molecular weight excluding hydrogens is 376 g/mol. The first-order valence-corrected chi connectivity index (χ1v) is 10.5. The van der Waals surface area contributed by atoms with Crippen LogP contribution in [0.2, 0.25) is 0 Å². The second-order valence-corrected chi connectivity index (χ2v) is 8.88. The number of ether oxygens (including phenoxy) is 1. The number of anilines is 3. The molecule has 0 bridgehead atoms. The number of aryl methyl sites for hydroxylation is 1. The van der Waals surface area contributed by atoms with Gasteiger partial charge in [-0.25, -0.2) is 9.97 Å². The fraction of sp³-hybridized carbons (Fsp3) is 0.435. The molecule has 1 saturated heterocycles. The Hall–Kier alpha value is -2.93. The van der Waals surface area contributed by atoms with Crippen molar-refractivity contribution in [2.75, 3.05) is 23.8 Å². The highest BCUT2D eigenvalue weighted by atomic mass is 16.5. The van der Waals surface area contributed by atoms with Crippen molar-refractivity contribution in [3.05, 3.63) is 47.7 Å². The van der Waals surface area contributed by atoms with Crippen molar-refractivity contribution in [2.24, 2.45) is 0 Å². The molecule has 1 aromatic carbocycles. The zero-order chi connectivity index (χ0) is 21.1. The highest BCUT2D eigenvalue weighted by Gasteiger charge is 2.17. The first kappa shape index (κ1) is 20.3. The van der Waals surface area contributed by atoms with Crippen molar-refractivity contribution < 1.29 is 4.74 Å². The van der Waals surface area contributed by atoms with Crippen LogP contribution in [0.25, 0.3) is 11.4 Å². The summed E-state index contributed by atoms with van der Waals surface area (Å²) in [4.78, 5) is 9.56. The molecular formula is C23H30N6O. The summed E-state index contributed by atoms with van der Waals surface area (Å²) in [5, 5.41) is 14.1. The van der Waals surface area contributed by atoms with Gasteiger partial charge in [0.15, 0.2) is 11.6 Å². The molecule has 2 aromatic heterocycles. The van der Waals surface area contributed by atoms with Crippen LogP contribution in [0.15, 0.2) is 36.4 Å². The smallest absolute Gasteiger partial charge is 0.163 e. The minimum absolute atomic E-state index is 0.108. The molecule has 7 heteroatoms. The summed E-state index contributed by atoms with van der Waals surface area (Å²) in [6, 6.07) is 12.7. The average Bonchev–Trinajstić information content (AvgIpc) is 3.12. The van der Waals surface area contributed by atoms with E-state index in [-0.39, 0.29) is 5.41 Å². The summed E-state index contributed by atoms with van der Waals surface area (Å²) in [6.45, 7) is 10.2. The first-order valence-electron chi connectivity index (χ1n) is 10.5. The molecule has 158 valence electrons. The maximum absolute atomic E-state index is 5.48. The Morgan fingerprint density at radius 1 is 0.967 bits per heavy atom. The molecule has 0 radical (unpaired) electrons. The summed E-state index contributed by atoms with van der Waals surface area (Å²) in [7, 11) is 0. The number of aromatic amines is 1. The van der Waals surface area contributed by atoms with Crippen molar-refractivity contribution in [2.45, 2.75) is 52.0 Å². The predicted molar refractivity (Wildman–Crippen MR) is 120 cm³/mol. The van der Waals surface area contributed by atoms with Gasteiger partial charge in [-0.3, -0.25) is 5.10 Å². The van der Waals surface area contributed by atoms with Gasteiger partial charge < -0.3 is 15.4 Å². The Morgan fingerprint density at radius 2 is 1.67 bits per heavy atom. The Morgan fingerprint density at radius 3 is 2.30 bits per heavy atom. The Bertz CT molecular complexity index is 984. The second-order valence-electron chi connectivity index (χ2n) is 8.88. The second kappa shape index (κ2) is 8.44. The lowest BCUT2D eigenvalue weighted by molar-refractivity contribution is 0.0904. The van der Waals surface area contributed by atoms with Crippen molar-refractivity contribution in [1.29, 1.82) is 0 Å². The van der Waals surface area contributed by atoms with Crippen molar-refractivity contribution in [1.82, 2.24) is 20.2 Å². The number of H-pyrrole nitrogens is 1. The molecule has 0 aliphatic carbocycles. The van der Waals surface area contributed by atoms with Gasteiger partial charge in [0.2, 0.25) is 0 Å². The van der Waals surface area contributed by atoms with E-state index in [4.69, 9.17) is 14.7 Å². The lowest BCUT2D eigenvalue weighted by atomic mass is 9.87. The zero-order valence-corrected chi connectivity index (χ0v) is 18.1. The Labute approximate surface area is 177 Å². The third kappa shape index (κ3) is 4.97. The van der Waals surface area contributed by atoms with Crippen LogP contribution in [-0.4, -0.2) is 39.4 Å². The normalized spacial score (nSPS) is 15.2. The van der Waals surface area contributed by atoms with Gasteiger partial charge in [0.25, 0.3) is 0 Å². The van der Waals surface area contributed by atoms with E-state index >= 15 is 0 Å². The van der Waals surface area contributed by atoms with Gasteiger partial charge in [0.05, 0.1) is 0 Å². The quantitative estimate of drug-likeness (QED) is 0.564. The molecule has 0 saturated carbocycles. The van der Waals surface area contributed by atoms with E-state index in [2.05, 4.69) is 65.9 Å². The van der Waals surface area contributed by atoms with E-state index < -0.39 is 0 Å². The summed E-state index contributed by atoms with van der Waals surface area (Å²) in [5.41, 5.74) is 3.37. The van der Waals surface area contributed by atoms with Gasteiger partial charge in [0, 0.05) is 42.6 Å². The van der Waals surface area contributed by atoms with Crippen molar-refractivity contribution >= 4 is 17.5 Å². The van der Waals surface area contributed by atoms with E-state index in [1.807, 2.05) is 19.1 Å². The minimum Gasteiger partial charge on any atom is -0.381 e. The van der Waals surface area contributed by atoms with E-state index in [1.165, 1.54) is 5.56 Å². The van der Waals surface area contributed by atoms with Gasteiger partial charge in [-0.1, -0.05) is 45.0 Å². The van der Waals surface area contributed by atoms with Crippen LogP contribution in [0.3, 0.4) is 0 Å². The Balaban J connectivity index is 1.65. The molecule has 0 amide bonds. The van der Waals surface area contributed by atoms with Crippen LogP contribution in [0.4, 0.5) is 17.5 Å². The standard InChI is InChI=1S/C23H30N6O/c1-15-13-21(29-28-15)25-20-14-19(24-18-9-11-30-12-10-18)26-22(27-20)16-5-7-17(8-6-16)23(2,3)4/h5-8,13-14,18H,9-12H2,1-4H3,(H3,24,25,26,27,28,29). The number of aromatic nitrogens is 4. The summed E-state index contributed by atoms with van der Waals surface area (Å²) >= 11 is 0. The van der Waals surface area contributed by atoms with E-state index in [0.29, 0.717) is 17.7 Å². The number of hydrogen-bond donors (Lipinski definition) is 3. The molecule has 7 nitrogen and oxygen atoms in total. The molecule has 3 heterocycles. The predicted octanol–water partition coefficient (Wildman–Crippen LogP) is 4.81. The summed E-state index contributed by atoms with van der Waals surface area (Å²) in [6.07, 6.45) is 1.95. The summed E-state index contributed by atoms with van der Waals surface area (Å²) in [5.74, 6) is 2.93. The monoisotopic (exact) mass is 406 g/mol. The molecule has 1 aliphatic heterocycles. The van der Waals surface area contributed by atoms with Crippen LogP contribution in [0, 0.1) is 6.92 Å². The topological polar surface area (TPSA) is 87.8 Å². The van der Waals surface area contributed by atoms with Gasteiger partial charge in [-0.15, -0.1) is 0 Å². The van der Waals surface area contributed by atoms with Gasteiger partial charge in [0.1, 0.15) is 11.6 Å². The molecule has 0 unspecified atom stereocenters. The fourth-order valence-electron chi connectivity index (χ4n) is 3.50. The molecule has 0 atom stereocenters. The van der Waals surface area contributed by atoms with Crippen LogP contribution < -0.4 is 10.6 Å².